The van der Waals surface area contributed by atoms with Crippen LogP contribution in [-0.2, 0) is 22.4 Å². The quantitative estimate of drug-likeness (QED) is 0.823. The van der Waals surface area contributed by atoms with E-state index in [9.17, 15) is 4.79 Å². The van der Waals surface area contributed by atoms with E-state index >= 15 is 0 Å². The van der Waals surface area contributed by atoms with Gasteiger partial charge in [0.15, 0.2) is 0 Å². The molecule has 0 spiro atoms. The normalized spacial score (nSPS) is 15.5. The van der Waals surface area contributed by atoms with Crippen molar-refractivity contribution in [2.45, 2.75) is 38.1 Å². The van der Waals surface area contributed by atoms with E-state index in [1.165, 1.54) is 31.1 Å². The number of fused-ring (bicyclic) bond motifs is 1. The van der Waals surface area contributed by atoms with Gasteiger partial charge < -0.3 is 15.2 Å². The first kappa shape index (κ1) is 13.9. The van der Waals surface area contributed by atoms with Gasteiger partial charge in [-0.1, -0.05) is 12.1 Å². The number of ether oxygens (including phenoxy) is 2. The van der Waals surface area contributed by atoms with Crippen LogP contribution in [0.15, 0.2) is 18.2 Å². The van der Waals surface area contributed by atoms with E-state index in [1.54, 1.807) is 0 Å². The summed E-state index contributed by atoms with van der Waals surface area (Å²) in [4.78, 5) is 11.1. The summed E-state index contributed by atoms with van der Waals surface area (Å²) < 4.78 is 10.4. The highest BCUT2D eigenvalue weighted by atomic mass is 16.5. The zero-order valence-corrected chi connectivity index (χ0v) is 11.4. The van der Waals surface area contributed by atoms with Gasteiger partial charge in [0.2, 0.25) is 0 Å². The van der Waals surface area contributed by atoms with Gasteiger partial charge in [0.1, 0.15) is 12.4 Å². The van der Waals surface area contributed by atoms with Crippen LogP contribution in [0, 0.1) is 0 Å². The van der Waals surface area contributed by atoms with Gasteiger partial charge in [0.05, 0.1) is 13.5 Å². The first-order valence-electron chi connectivity index (χ1n) is 6.76. The van der Waals surface area contributed by atoms with Crippen LogP contribution in [0.2, 0.25) is 0 Å². The maximum absolute atomic E-state index is 11.1. The van der Waals surface area contributed by atoms with Crippen molar-refractivity contribution in [1.29, 1.82) is 0 Å². The number of esters is 1. The van der Waals surface area contributed by atoms with Crippen molar-refractivity contribution in [2.24, 2.45) is 5.73 Å². The topological polar surface area (TPSA) is 61.5 Å². The maximum atomic E-state index is 11.1. The highest BCUT2D eigenvalue weighted by Gasteiger charge is 2.15. The number of carbonyl (C=O) groups excluding carboxylic acids is 1. The molecule has 0 radical (unpaired) electrons. The van der Waals surface area contributed by atoms with E-state index in [4.69, 9.17) is 10.5 Å². The summed E-state index contributed by atoms with van der Waals surface area (Å²) >= 11 is 0. The molecule has 0 heterocycles. The number of carbonyl (C=O) groups is 1. The summed E-state index contributed by atoms with van der Waals surface area (Å²) in [5.41, 5.74) is 8.53. The van der Waals surface area contributed by atoms with Crippen molar-refractivity contribution >= 4 is 5.97 Å². The van der Waals surface area contributed by atoms with Gasteiger partial charge in [-0.05, 0) is 42.9 Å². The van der Waals surface area contributed by atoms with Crippen LogP contribution in [0.5, 0.6) is 5.75 Å². The minimum atomic E-state index is -0.327. The fourth-order valence-electron chi connectivity index (χ4n) is 2.43. The van der Waals surface area contributed by atoms with Crippen molar-refractivity contribution in [1.82, 2.24) is 0 Å². The van der Waals surface area contributed by atoms with Gasteiger partial charge in [-0.25, -0.2) is 0 Å². The van der Waals surface area contributed by atoms with Gasteiger partial charge in [0.25, 0.3) is 0 Å². The Balaban J connectivity index is 1.94. The molecule has 0 saturated heterocycles. The predicted molar refractivity (Wildman–Crippen MR) is 73.2 cm³/mol. The standard InChI is InChI=1S/C15H21NO3/c1-18-15(17)9-12(16)10-19-14-8-4-6-11-5-2-3-7-13(11)14/h4,6,8,12H,2-3,5,7,9-10,16H2,1H3. The third-order valence-electron chi connectivity index (χ3n) is 3.46. The Morgan fingerprint density at radius 2 is 2.16 bits per heavy atom. The highest BCUT2D eigenvalue weighted by molar-refractivity contribution is 5.69. The lowest BCUT2D eigenvalue weighted by Gasteiger charge is -2.20. The van der Waals surface area contributed by atoms with Gasteiger partial charge >= 0.3 is 5.97 Å². The van der Waals surface area contributed by atoms with Gasteiger partial charge in [-0.2, -0.15) is 0 Å². The molecule has 0 bridgehead atoms. The molecule has 4 heteroatoms. The summed E-state index contributed by atoms with van der Waals surface area (Å²) in [5, 5.41) is 0. The zero-order chi connectivity index (χ0) is 13.7. The number of rotatable bonds is 5. The van der Waals surface area contributed by atoms with Crippen LogP contribution < -0.4 is 10.5 Å². The van der Waals surface area contributed by atoms with Crippen LogP contribution in [0.1, 0.15) is 30.4 Å². The molecule has 1 aromatic carbocycles. The van der Waals surface area contributed by atoms with E-state index in [-0.39, 0.29) is 18.4 Å². The van der Waals surface area contributed by atoms with E-state index in [0.717, 1.165) is 18.6 Å². The molecular weight excluding hydrogens is 242 g/mol. The summed E-state index contributed by atoms with van der Waals surface area (Å²) in [6, 6.07) is 5.84. The van der Waals surface area contributed by atoms with Crippen LogP contribution in [0.3, 0.4) is 0 Å². The van der Waals surface area contributed by atoms with Crippen molar-refractivity contribution in [3.8, 4) is 5.75 Å². The smallest absolute Gasteiger partial charge is 0.307 e. The molecule has 1 aliphatic rings. The lowest BCUT2D eigenvalue weighted by Crippen LogP contribution is -2.31. The molecular formula is C15H21NO3. The molecule has 0 aliphatic heterocycles. The number of aryl methyl sites for hydroxylation is 1. The zero-order valence-electron chi connectivity index (χ0n) is 11.4. The monoisotopic (exact) mass is 263 g/mol. The Morgan fingerprint density at radius 1 is 1.37 bits per heavy atom. The predicted octanol–water partition coefficient (Wildman–Crippen LogP) is 1.83. The van der Waals surface area contributed by atoms with Gasteiger partial charge in [-0.15, -0.1) is 0 Å². The summed E-state index contributed by atoms with van der Waals surface area (Å²) in [5.74, 6) is 0.615. The molecule has 2 rings (SSSR count). The van der Waals surface area contributed by atoms with Crippen molar-refractivity contribution in [3.63, 3.8) is 0 Å². The summed E-state index contributed by atoms with van der Waals surface area (Å²) in [6.45, 7) is 0.339. The van der Waals surface area contributed by atoms with Crippen LogP contribution >= 0.6 is 0 Å². The number of methoxy groups -OCH3 is 1. The Hall–Kier alpha value is -1.55. The molecule has 1 aromatic rings. The average molecular weight is 263 g/mol. The summed E-state index contributed by atoms with van der Waals surface area (Å²) in [7, 11) is 1.36. The Morgan fingerprint density at radius 3 is 2.95 bits per heavy atom. The van der Waals surface area contributed by atoms with E-state index in [0.29, 0.717) is 6.61 Å². The molecule has 0 amide bonds. The molecule has 1 atom stereocenters. The second kappa shape index (κ2) is 6.57. The second-order valence-corrected chi connectivity index (χ2v) is 4.95. The number of hydrogen-bond acceptors (Lipinski definition) is 4. The molecule has 4 nitrogen and oxygen atoms in total. The van der Waals surface area contributed by atoms with Crippen LogP contribution in [0.25, 0.3) is 0 Å². The Bertz CT molecular complexity index is 445. The van der Waals surface area contributed by atoms with Crippen molar-refractivity contribution in [3.05, 3.63) is 29.3 Å². The third-order valence-corrected chi connectivity index (χ3v) is 3.46. The molecule has 0 aromatic heterocycles. The Kier molecular flexibility index (Phi) is 4.80. The second-order valence-electron chi connectivity index (χ2n) is 4.95. The SMILES string of the molecule is COC(=O)CC(N)COc1cccc2c1CCCC2. The first-order chi connectivity index (χ1) is 9.20. The van der Waals surface area contributed by atoms with Crippen LogP contribution in [0.4, 0.5) is 0 Å². The molecule has 0 fully saturated rings. The lowest BCUT2D eigenvalue weighted by atomic mass is 9.91. The fraction of sp³-hybridized carbons (Fsp3) is 0.533. The van der Waals surface area contributed by atoms with E-state index < -0.39 is 0 Å². The molecule has 1 aliphatic carbocycles. The van der Waals surface area contributed by atoms with E-state index in [1.807, 2.05) is 12.1 Å². The molecule has 0 saturated carbocycles. The van der Waals surface area contributed by atoms with E-state index in [2.05, 4.69) is 10.8 Å². The first-order valence-corrected chi connectivity index (χ1v) is 6.76. The third kappa shape index (κ3) is 3.70. The minimum absolute atomic E-state index is 0.186. The highest BCUT2D eigenvalue weighted by Crippen LogP contribution is 2.29. The molecule has 1 unspecified atom stereocenters. The maximum Gasteiger partial charge on any atom is 0.307 e. The fourth-order valence-corrected chi connectivity index (χ4v) is 2.43. The number of nitrogens with two attached hydrogens (primary N) is 1. The molecule has 19 heavy (non-hydrogen) atoms. The largest absolute Gasteiger partial charge is 0.492 e. The Labute approximate surface area is 113 Å². The van der Waals surface area contributed by atoms with Crippen molar-refractivity contribution < 1.29 is 14.3 Å². The number of benzene rings is 1. The molecule has 104 valence electrons. The lowest BCUT2D eigenvalue weighted by molar-refractivity contribution is -0.141. The minimum Gasteiger partial charge on any atom is -0.492 e. The van der Waals surface area contributed by atoms with Crippen molar-refractivity contribution in [2.75, 3.05) is 13.7 Å². The van der Waals surface area contributed by atoms with Crippen LogP contribution in [-0.4, -0.2) is 25.7 Å². The average Bonchev–Trinajstić information content (AvgIpc) is 2.44. The van der Waals surface area contributed by atoms with Gasteiger partial charge in [0, 0.05) is 6.04 Å². The number of hydrogen-bond donors (Lipinski definition) is 1. The molecule has 2 N–H and O–H groups in total. The van der Waals surface area contributed by atoms with Gasteiger partial charge in [-0.3, -0.25) is 4.79 Å². The summed E-state index contributed by atoms with van der Waals surface area (Å²) in [6.07, 6.45) is 4.84.